The molecule has 1 atom stereocenters. The number of halogens is 1. The zero-order chi connectivity index (χ0) is 25.2. The normalized spacial score (nSPS) is 15.9. The van der Waals surface area contributed by atoms with Gasteiger partial charge in [-0.05, 0) is 47.2 Å². The van der Waals surface area contributed by atoms with Gasteiger partial charge in [-0.2, -0.15) is 0 Å². The number of nitrogens with zero attached hydrogens (tertiary/aromatic N) is 1. The quantitative estimate of drug-likeness (QED) is 0.433. The van der Waals surface area contributed by atoms with E-state index in [9.17, 15) is 14.7 Å². The van der Waals surface area contributed by atoms with Gasteiger partial charge < -0.3 is 15.2 Å². The number of carbonyl (C=O) groups excluding carboxylic acids is 2. The van der Waals surface area contributed by atoms with E-state index in [4.69, 9.17) is 16.3 Å². The van der Waals surface area contributed by atoms with Gasteiger partial charge in [0, 0.05) is 5.02 Å². The standard InChI is InChI=1S/C28H29ClN2O4/c1-18(2)23-15-24(29)19(3)14-25(23)35-17-22(32)16-31-26(33)28(30-27(31)34,20-10-6-4-7-11-20)21-12-8-5-9-13-21/h4-15,18,22,32H,16-17H2,1-3H3,(H,30,34). The molecule has 4 rings (SSSR count). The topological polar surface area (TPSA) is 78.9 Å². The van der Waals surface area contributed by atoms with Crippen molar-refractivity contribution < 1.29 is 19.4 Å². The fraction of sp³-hybridized carbons (Fsp3) is 0.286. The number of rotatable bonds is 8. The van der Waals surface area contributed by atoms with Crippen LogP contribution in [0.2, 0.25) is 5.02 Å². The van der Waals surface area contributed by atoms with E-state index in [-0.39, 0.29) is 19.1 Å². The molecule has 1 aliphatic heterocycles. The van der Waals surface area contributed by atoms with E-state index >= 15 is 0 Å². The van der Waals surface area contributed by atoms with Gasteiger partial charge in [0.15, 0.2) is 5.54 Å². The molecule has 3 aromatic rings. The minimum atomic E-state index is -1.36. The van der Waals surface area contributed by atoms with Crippen LogP contribution in [0.1, 0.15) is 42.0 Å². The van der Waals surface area contributed by atoms with Crippen LogP contribution in [0.3, 0.4) is 0 Å². The first-order valence-corrected chi connectivity index (χ1v) is 12.0. The number of aliphatic hydroxyl groups is 1. The van der Waals surface area contributed by atoms with Crippen molar-refractivity contribution in [3.8, 4) is 5.75 Å². The van der Waals surface area contributed by atoms with Crippen molar-refractivity contribution in [2.45, 2.75) is 38.3 Å². The SMILES string of the molecule is Cc1cc(OCC(O)CN2C(=O)NC(c3ccccc3)(c3ccccc3)C2=O)c(C(C)C)cc1Cl. The minimum absolute atomic E-state index is 0.0818. The Bertz CT molecular complexity index is 1170. The van der Waals surface area contributed by atoms with E-state index in [1.807, 2.05) is 93.6 Å². The zero-order valence-corrected chi connectivity index (χ0v) is 20.8. The third-order valence-corrected chi connectivity index (χ3v) is 6.66. The van der Waals surface area contributed by atoms with Crippen LogP contribution >= 0.6 is 11.6 Å². The largest absolute Gasteiger partial charge is 0.491 e. The fourth-order valence-electron chi connectivity index (χ4n) is 4.37. The summed E-state index contributed by atoms with van der Waals surface area (Å²) in [4.78, 5) is 27.8. The van der Waals surface area contributed by atoms with Gasteiger partial charge in [-0.1, -0.05) is 86.1 Å². The van der Waals surface area contributed by atoms with Crippen molar-refractivity contribution in [2.24, 2.45) is 0 Å². The van der Waals surface area contributed by atoms with Gasteiger partial charge in [0.05, 0.1) is 6.54 Å². The second kappa shape index (κ2) is 10.1. The molecule has 7 heteroatoms. The molecule has 0 aliphatic carbocycles. The summed E-state index contributed by atoms with van der Waals surface area (Å²) in [6.07, 6.45) is -1.08. The van der Waals surface area contributed by atoms with E-state index in [1.165, 1.54) is 0 Å². The summed E-state index contributed by atoms with van der Waals surface area (Å²) in [5.74, 6) is 0.355. The van der Waals surface area contributed by atoms with E-state index in [0.717, 1.165) is 16.0 Å². The maximum atomic E-state index is 13.8. The second-order valence-electron chi connectivity index (χ2n) is 9.09. The lowest BCUT2D eigenvalue weighted by Crippen LogP contribution is -2.46. The van der Waals surface area contributed by atoms with Crippen molar-refractivity contribution in [2.75, 3.05) is 13.2 Å². The van der Waals surface area contributed by atoms with Crippen LogP contribution in [-0.4, -0.2) is 41.2 Å². The zero-order valence-electron chi connectivity index (χ0n) is 20.0. The Morgan fingerprint density at radius 3 is 2.11 bits per heavy atom. The second-order valence-corrected chi connectivity index (χ2v) is 9.49. The predicted octanol–water partition coefficient (Wildman–Crippen LogP) is 5.01. The van der Waals surface area contributed by atoms with Crippen molar-refractivity contribution in [1.82, 2.24) is 10.2 Å². The molecule has 0 bridgehead atoms. The Hall–Kier alpha value is -3.35. The van der Waals surface area contributed by atoms with Crippen LogP contribution in [0.15, 0.2) is 72.8 Å². The Labute approximate surface area is 210 Å². The minimum Gasteiger partial charge on any atom is -0.491 e. The molecular weight excluding hydrogens is 464 g/mol. The van der Waals surface area contributed by atoms with Crippen molar-refractivity contribution in [3.05, 3.63) is 100 Å². The van der Waals surface area contributed by atoms with E-state index in [0.29, 0.717) is 21.9 Å². The number of carbonyl (C=O) groups is 2. The first kappa shape index (κ1) is 24.8. The third-order valence-electron chi connectivity index (χ3n) is 6.26. The lowest BCUT2D eigenvalue weighted by atomic mass is 9.82. The number of β-amino-alcohol motifs (C(OH)–C–C–N with tert-alkyl or cyclic N) is 1. The summed E-state index contributed by atoms with van der Waals surface area (Å²) >= 11 is 6.27. The molecule has 0 radical (unpaired) electrons. The Morgan fingerprint density at radius 1 is 1.00 bits per heavy atom. The first-order chi connectivity index (χ1) is 16.7. The number of hydrogen-bond acceptors (Lipinski definition) is 4. The van der Waals surface area contributed by atoms with Crippen molar-refractivity contribution in [3.63, 3.8) is 0 Å². The summed E-state index contributed by atoms with van der Waals surface area (Å²) in [5, 5.41) is 14.3. The van der Waals surface area contributed by atoms with Crippen molar-refractivity contribution in [1.29, 1.82) is 0 Å². The first-order valence-electron chi connectivity index (χ1n) is 11.6. The molecule has 2 N–H and O–H groups in total. The molecule has 3 aromatic carbocycles. The van der Waals surface area contributed by atoms with Crippen LogP contribution in [0.4, 0.5) is 4.79 Å². The molecule has 1 saturated heterocycles. The molecule has 1 unspecified atom stereocenters. The molecule has 3 amide bonds. The van der Waals surface area contributed by atoms with Crippen LogP contribution in [0.25, 0.3) is 0 Å². The molecule has 6 nitrogen and oxygen atoms in total. The van der Waals surface area contributed by atoms with Gasteiger partial charge >= 0.3 is 6.03 Å². The Balaban J connectivity index is 1.55. The molecule has 35 heavy (non-hydrogen) atoms. The van der Waals surface area contributed by atoms with Crippen LogP contribution in [0, 0.1) is 6.92 Å². The summed E-state index contributed by atoms with van der Waals surface area (Å²) in [6.45, 7) is 5.67. The molecular formula is C28H29ClN2O4. The van der Waals surface area contributed by atoms with Gasteiger partial charge in [-0.15, -0.1) is 0 Å². The smallest absolute Gasteiger partial charge is 0.325 e. The Morgan fingerprint density at radius 2 is 1.57 bits per heavy atom. The summed E-state index contributed by atoms with van der Waals surface area (Å²) < 4.78 is 5.92. The maximum Gasteiger partial charge on any atom is 0.325 e. The molecule has 182 valence electrons. The highest BCUT2D eigenvalue weighted by atomic mass is 35.5. The van der Waals surface area contributed by atoms with Crippen molar-refractivity contribution >= 4 is 23.5 Å². The summed E-state index contributed by atoms with van der Waals surface area (Å²) in [7, 11) is 0. The van der Waals surface area contributed by atoms with Gasteiger partial charge in [0.2, 0.25) is 0 Å². The number of urea groups is 1. The number of hydrogen-bond donors (Lipinski definition) is 2. The molecule has 1 heterocycles. The molecule has 1 fully saturated rings. The van der Waals surface area contributed by atoms with Gasteiger partial charge in [0.1, 0.15) is 18.5 Å². The van der Waals surface area contributed by atoms with E-state index < -0.39 is 23.6 Å². The average molecular weight is 493 g/mol. The number of amides is 3. The number of imide groups is 1. The number of nitrogens with one attached hydrogen (secondary N) is 1. The van der Waals surface area contributed by atoms with Crippen LogP contribution in [0.5, 0.6) is 5.75 Å². The maximum absolute atomic E-state index is 13.8. The lowest BCUT2D eigenvalue weighted by Gasteiger charge is -2.28. The molecule has 0 aromatic heterocycles. The number of benzene rings is 3. The van der Waals surface area contributed by atoms with Gasteiger partial charge in [0.25, 0.3) is 5.91 Å². The fourth-order valence-corrected chi connectivity index (χ4v) is 4.54. The predicted molar refractivity (Wildman–Crippen MR) is 136 cm³/mol. The molecule has 0 saturated carbocycles. The van der Waals surface area contributed by atoms with E-state index in [1.54, 1.807) is 0 Å². The average Bonchev–Trinajstić information content (AvgIpc) is 3.11. The highest BCUT2D eigenvalue weighted by Gasteiger charge is 2.53. The lowest BCUT2D eigenvalue weighted by molar-refractivity contribution is -0.131. The molecule has 0 spiro atoms. The summed E-state index contributed by atoms with van der Waals surface area (Å²) in [6, 6.07) is 21.4. The highest BCUT2D eigenvalue weighted by Crippen LogP contribution is 2.36. The highest BCUT2D eigenvalue weighted by molar-refractivity contribution is 6.31. The van der Waals surface area contributed by atoms with Crippen LogP contribution in [-0.2, 0) is 10.3 Å². The summed E-state index contributed by atoms with van der Waals surface area (Å²) in [5.41, 5.74) is 1.73. The number of ether oxygens (including phenoxy) is 1. The number of aliphatic hydroxyl groups excluding tert-OH is 1. The van der Waals surface area contributed by atoms with Gasteiger partial charge in [-0.25, -0.2) is 4.79 Å². The van der Waals surface area contributed by atoms with Gasteiger partial charge in [-0.3, -0.25) is 9.69 Å². The number of aryl methyl sites for hydroxylation is 1. The van der Waals surface area contributed by atoms with E-state index in [2.05, 4.69) is 5.32 Å². The molecule has 1 aliphatic rings. The van der Waals surface area contributed by atoms with Crippen LogP contribution < -0.4 is 10.1 Å². The monoisotopic (exact) mass is 492 g/mol. The Kier molecular flexibility index (Phi) is 7.15. The third kappa shape index (κ3) is 4.77.